The minimum atomic E-state index is -0.780. The van der Waals surface area contributed by atoms with E-state index in [4.69, 9.17) is 15.5 Å². The molecule has 2 atom stereocenters. The number of rotatable bonds is 15. The number of unbranched alkanes of at least 4 members (excludes halogenated alkanes) is 8. The van der Waals surface area contributed by atoms with E-state index in [0.29, 0.717) is 5.52 Å². The van der Waals surface area contributed by atoms with Crippen molar-refractivity contribution >= 4 is 16.7 Å². The maximum Gasteiger partial charge on any atom is 0.300 e. The molecular weight excluding hydrogens is 388 g/mol. The Balaban J connectivity index is 1.53. The highest BCUT2D eigenvalue weighted by Crippen LogP contribution is 2.26. The summed E-state index contributed by atoms with van der Waals surface area (Å²) in [7, 11) is 0. The molecule has 0 saturated heterocycles. The van der Waals surface area contributed by atoms with E-state index in [2.05, 4.69) is 10.3 Å². The van der Waals surface area contributed by atoms with Gasteiger partial charge >= 0.3 is 5.69 Å². The van der Waals surface area contributed by atoms with Gasteiger partial charge in [0.2, 0.25) is 5.52 Å². The van der Waals surface area contributed by atoms with Crippen LogP contribution in [0.4, 0.5) is 5.69 Å². The molecule has 30 heavy (non-hydrogen) atoms. The van der Waals surface area contributed by atoms with Gasteiger partial charge in [0.1, 0.15) is 5.52 Å². The van der Waals surface area contributed by atoms with Crippen LogP contribution in [0.25, 0.3) is 11.0 Å². The van der Waals surface area contributed by atoms with Crippen molar-refractivity contribution in [2.45, 2.75) is 76.4 Å². The van der Waals surface area contributed by atoms with Crippen molar-refractivity contribution in [3.63, 3.8) is 0 Å². The monoisotopic (exact) mass is 420 g/mol. The number of fused-ring (bicyclic) bond motifs is 1. The second kappa shape index (κ2) is 13.0. The van der Waals surface area contributed by atoms with Crippen molar-refractivity contribution in [1.82, 2.24) is 10.3 Å². The number of nitro benzene ring substituents is 1. The molecule has 0 amide bonds. The molecule has 0 bridgehead atoms. The summed E-state index contributed by atoms with van der Waals surface area (Å²) < 4.78 is 4.69. The van der Waals surface area contributed by atoms with E-state index in [0.717, 1.165) is 44.1 Å². The zero-order chi connectivity index (χ0) is 21.8. The number of hydrogen-bond donors (Lipinski definition) is 3. The van der Waals surface area contributed by atoms with Crippen LogP contribution in [0, 0.1) is 10.1 Å². The van der Waals surface area contributed by atoms with Crippen LogP contribution in [-0.2, 0) is 6.42 Å². The predicted molar refractivity (Wildman–Crippen MR) is 114 cm³/mol. The molecule has 1 aromatic heterocycles. The molecular formula is C21H32N4O5. The first-order valence-electron chi connectivity index (χ1n) is 10.6. The van der Waals surface area contributed by atoms with Gasteiger partial charge < -0.3 is 15.9 Å². The Morgan fingerprint density at radius 1 is 1.07 bits per heavy atom. The lowest BCUT2D eigenvalue weighted by Gasteiger charge is -2.11. The van der Waals surface area contributed by atoms with Crippen molar-refractivity contribution < 1.29 is 19.8 Å². The molecule has 0 aliphatic rings. The fourth-order valence-electron chi connectivity index (χ4n) is 3.38. The lowest BCUT2D eigenvalue weighted by molar-refractivity contribution is -0.383. The Kier molecular flexibility index (Phi) is 10.4. The van der Waals surface area contributed by atoms with Gasteiger partial charge in [-0.05, 0) is 47.6 Å². The Hall–Kier alpha value is -2.36. The van der Waals surface area contributed by atoms with Crippen LogP contribution in [0.5, 0.6) is 0 Å². The van der Waals surface area contributed by atoms with Gasteiger partial charge in [0.05, 0.1) is 23.7 Å². The molecule has 1 aromatic carbocycles. The van der Waals surface area contributed by atoms with Crippen LogP contribution in [0.3, 0.4) is 0 Å². The maximum absolute atomic E-state index is 11.0. The number of aliphatic hydroxyl groups excluding tert-OH is 2. The summed E-state index contributed by atoms with van der Waals surface area (Å²) in [5.74, 6) is 0. The molecule has 2 rings (SSSR count). The molecule has 0 aliphatic heterocycles. The van der Waals surface area contributed by atoms with Gasteiger partial charge in [-0.2, -0.15) is 0 Å². The number of benzene rings is 1. The minimum absolute atomic E-state index is 0.0737. The highest BCUT2D eigenvalue weighted by Gasteiger charge is 2.19. The van der Waals surface area contributed by atoms with E-state index in [1.807, 2.05) is 6.08 Å². The summed E-state index contributed by atoms with van der Waals surface area (Å²) in [6.07, 6.45) is 13.6. The van der Waals surface area contributed by atoms with Crippen LogP contribution < -0.4 is 5.73 Å². The van der Waals surface area contributed by atoms with E-state index in [-0.39, 0.29) is 17.8 Å². The number of nitro groups is 1. The number of allylic oxidation sites excluding steroid dienone is 1. The molecule has 0 radical (unpaired) electrons. The fourth-order valence-corrected chi connectivity index (χ4v) is 3.38. The molecule has 4 N–H and O–H groups in total. The standard InChI is InChI=1S/C21H32N4O5/c22-17(15-26)19(27)12-10-8-6-4-2-1-3-5-7-9-11-16-13-14-18(25(28)29)21-20(16)23-30-24-21/h10,12-14,17,19,26-27H,1-9,11,15,22H2/b12-10+/t17-,19+/m0/s1. The van der Waals surface area contributed by atoms with E-state index in [1.165, 1.54) is 31.7 Å². The Morgan fingerprint density at radius 2 is 1.70 bits per heavy atom. The molecule has 9 heteroatoms. The van der Waals surface area contributed by atoms with Crippen LogP contribution in [0.2, 0.25) is 0 Å². The molecule has 2 aromatic rings. The fraction of sp³-hybridized carbons (Fsp3) is 0.619. The van der Waals surface area contributed by atoms with Crippen LogP contribution in [-0.4, -0.2) is 44.2 Å². The highest BCUT2D eigenvalue weighted by molar-refractivity contribution is 5.85. The minimum Gasteiger partial charge on any atom is -0.395 e. The smallest absolute Gasteiger partial charge is 0.300 e. The largest absolute Gasteiger partial charge is 0.395 e. The van der Waals surface area contributed by atoms with E-state index in [1.54, 1.807) is 12.1 Å². The molecule has 1 heterocycles. The van der Waals surface area contributed by atoms with E-state index in [9.17, 15) is 15.2 Å². The first-order chi connectivity index (χ1) is 14.5. The highest BCUT2D eigenvalue weighted by atomic mass is 16.6. The molecule has 0 aliphatic carbocycles. The van der Waals surface area contributed by atoms with Crippen molar-refractivity contribution in [2.75, 3.05) is 6.61 Å². The van der Waals surface area contributed by atoms with Crippen LogP contribution in [0.1, 0.15) is 63.4 Å². The second-order valence-electron chi connectivity index (χ2n) is 7.59. The van der Waals surface area contributed by atoms with Crippen molar-refractivity contribution in [3.05, 3.63) is 40.0 Å². The molecule has 0 fully saturated rings. The first-order valence-corrected chi connectivity index (χ1v) is 10.6. The second-order valence-corrected chi connectivity index (χ2v) is 7.59. The number of non-ortho nitro benzene ring substituents is 1. The summed E-state index contributed by atoms with van der Waals surface area (Å²) in [6.45, 7) is -0.221. The SMILES string of the molecule is N[C@@H](CO)[C@H](O)/C=C/CCCCCCCCCCc1ccc([N+](=O)[O-])c2nonc12. The van der Waals surface area contributed by atoms with Crippen LogP contribution >= 0.6 is 0 Å². The van der Waals surface area contributed by atoms with Crippen molar-refractivity contribution in [1.29, 1.82) is 0 Å². The molecule has 0 unspecified atom stereocenters. The Bertz CT molecular complexity index is 808. The zero-order valence-corrected chi connectivity index (χ0v) is 17.3. The van der Waals surface area contributed by atoms with Gasteiger partial charge in [-0.25, -0.2) is 4.63 Å². The number of nitrogens with zero attached hydrogens (tertiary/aromatic N) is 3. The first kappa shape index (κ1) is 23.9. The Morgan fingerprint density at radius 3 is 2.37 bits per heavy atom. The number of hydrogen-bond acceptors (Lipinski definition) is 8. The van der Waals surface area contributed by atoms with E-state index >= 15 is 0 Å². The maximum atomic E-state index is 11.0. The lowest BCUT2D eigenvalue weighted by Crippen LogP contribution is -2.36. The summed E-state index contributed by atoms with van der Waals surface area (Å²) in [4.78, 5) is 10.5. The summed E-state index contributed by atoms with van der Waals surface area (Å²) in [5.41, 5.74) is 7.11. The molecule has 0 spiro atoms. The third-order valence-corrected chi connectivity index (χ3v) is 5.22. The average Bonchev–Trinajstić information content (AvgIpc) is 3.23. The topological polar surface area (TPSA) is 149 Å². The van der Waals surface area contributed by atoms with Gasteiger partial charge in [-0.1, -0.05) is 50.7 Å². The summed E-state index contributed by atoms with van der Waals surface area (Å²) >= 11 is 0. The van der Waals surface area contributed by atoms with Gasteiger partial charge in [-0.15, -0.1) is 0 Å². The van der Waals surface area contributed by atoms with Gasteiger partial charge in [0.15, 0.2) is 0 Å². The van der Waals surface area contributed by atoms with Gasteiger partial charge in [0, 0.05) is 6.07 Å². The molecule has 9 nitrogen and oxygen atoms in total. The predicted octanol–water partition coefficient (Wildman–Crippen LogP) is 3.42. The Labute approximate surface area is 176 Å². The zero-order valence-electron chi connectivity index (χ0n) is 17.3. The van der Waals surface area contributed by atoms with Gasteiger partial charge in [0.25, 0.3) is 0 Å². The number of aliphatic hydroxyl groups is 2. The number of aromatic nitrogens is 2. The lowest BCUT2D eigenvalue weighted by atomic mass is 10.0. The third kappa shape index (κ3) is 7.47. The average molecular weight is 421 g/mol. The number of aryl methyl sites for hydroxylation is 1. The number of nitrogens with two attached hydrogens (primary N) is 1. The summed E-state index contributed by atoms with van der Waals surface area (Å²) in [6, 6.07) is 2.61. The van der Waals surface area contributed by atoms with Crippen molar-refractivity contribution in [2.24, 2.45) is 5.73 Å². The molecule has 0 saturated carbocycles. The van der Waals surface area contributed by atoms with Crippen molar-refractivity contribution in [3.8, 4) is 0 Å². The molecule has 166 valence electrons. The summed E-state index contributed by atoms with van der Waals surface area (Å²) in [5, 5.41) is 37.0. The normalized spacial score (nSPS) is 13.8. The van der Waals surface area contributed by atoms with E-state index < -0.39 is 17.1 Å². The quantitative estimate of drug-likeness (QED) is 0.172. The third-order valence-electron chi connectivity index (χ3n) is 5.22. The van der Waals surface area contributed by atoms with Crippen LogP contribution in [0.15, 0.2) is 28.9 Å². The van der Waals surface area contributed by atoms with Gasteiger partial charge in [-0.3, -0.25) is 10.1 Å².